The van der Waals surface area contributed by atoms with E-state index in [1.807, 2.05) is 57.2 Å². The maximum Gasteiger partial charge on any atom is 0.460 e. The summed E-state index contributed by atoms with van der Waals surface area (Å²) < 4.78 is 11.0. The molecule has 0 saturated heterocycles. The van der Waals surface area contributed by atoms with Crippen LogP contribution in [0.5, 0.6) is 11.5 Å². The van der Waals surface area contributed by atoms with Crippen LogP contribution >= 0.6 is 17.8 Å². The molecule has 0 bridgehead atoms. The highest BCUT2D eigenvalue weighted by atomic mass is 31.2. The van der Waals surface area contributed by atoms with Gasteiger partial charge in [0.2, 0.25) is 0 Å². The zero-order valence-corrected chi connectivity index (χ0v) is 13.8. The Bertz CT molecular complexity index is 561. The van der Waals surface area contributed by atoms with Crippen molar-refractivity contribution in [2.45, 2.75) is 20.8 Å². The third-order valence-electron chi connectivity index (χ3n) is 2.88. The van der Waals surface area contributed by atoms with E-state index in [1.165, 1.54) is 0 Å². The molecule has 0 saturated carbocycles. The quantitative estimate of drug-likeness (QED) is 0.873. The third-order valence-corrected chi connectivity index (χ3v) is 3.95. The lowest BCUT2D eigenvalue weighted by Gasteiger charge is -2.15. The number of hydrogen-bond acceptors (Lipinski definition) is 3. The summed E-state index contributed by atoms with van der Waals surface area (Å²) in [6, 6.07) is 11.5. The van der Waals surface area contributed by atoms with Crippen LogP contribution in [0, 0.1) is 20.8 Å². The second-order valence-corrected chi connectivity index (χ2v) is 6.22. The van der Waals surface area contributed by atoms with Gasteiger partial charge >= 0.3 is 8.60 Å². The molecule has 5 heteroatoms. The van der Waals surface area contributed by atoms with Gasteiger partial charge in [0.1, 0.15) is 11.5 Å². The van der Waals surface area contributed by atoms with Crippen LogP contribution in [0.1, 0.15) is 16.7 Å². The maximum atomic E-state index is 9.96. The summed E-state index contributed by atoms with van der Waals surface area (Å²) in [5, 5.41) is 1.08. The van der Waals surface area contributed by atoms with Crippen LogP contribution in [0.25, 0.3) is 0 Å². The summed E-state index contributed by atoms with van der Waals surface area (Å²) >= 11 is 0. The Hall–Kier alpha value is -1.14. The highest BCUT2D eigenvalue weighted by molar-refractivity contribution is 7.41. The van der Waals surface area contributed by atoms with Crippen molar-refractivity contribution < 1.29 is 13.9 Å². The SMILES string of the molecule is Cc1ccc(OP(O)Oc2ccc(P)cc2C)c(C)c1. The Balaban J connectivity index is 2.07. The zero-order chi connectivity index (χ0) is 14.7. The molecule has 20 heavy (non-hydrogen) atoms. The molecule has 0 heterocycles. The van der Waals surface area contributed by atoms with E-state index in [2.05, 4.69) is 9.24 Å². The normalized spacial score (nSPS) is 12.1. The number of aryl methyl sites for hydroxylation is 3. The Morgan fingerprint density at radius 2 is 1.45 bits per heavy atom. The Morgan fingerprint density at radius 3 is 2.00 bits per heavy atom. The highest BCUT2D eigenvalue weighted by Crippen LogP contribution is 2.38. The van der Waals surface area contributed by atoms with E-state index < -0.39 is 8.60 Å². The lowest BCUT2D eigenvalue weighted by Crippen LogP contribution is -1.99. The van der Waals surface area contributed by atoms with Crippen LogP contribution in [0.15, 0.2) is 36.4 Å². The van der Waals surface area contributed by atoms with E-state index in [1.54, 1.807) is 0 Å². The van der Waals surface area contributed by atoms with Crippen LogP contribution in [-0.2, 0) is 0 Å². The molecule has 1 N–H and O–H groups in total. The molecule has 0 aliphatic rings. The van der Waals surface area contributed by atoms with Crippen molar-refractivity contribution >= 4 is 23.1 Å². The largest absolute Gasteiger partial charge is 0.460 e. The summed E-state index contributed by atoms with van der Waals surface area (Å²) in [6.07, 6.45) is 0. The van der Waals surface area contributed by atoms with Gasteiger partial charge in [-0.15, -0.1) is 9.24 Å². The van der Waals surface area contributed by atoms with Crippen molar-refractivity contribution in [3.63, 3.8) is 0 Å². The smallest absolute Gasteiger partial charge is 0.418 e. The second-order valence-electron chi connectivity index (χ2n) is 4.71. The standard InChI is InChI=1S/C15H18O3P2/c1-10-4-6-14(11(2)8-10)17-20(16)18-15-7-5-13(19)9-12(15)3/h4-9,16H,19H2,1-3H3. The predicted molar refractivity (Wildman–Crippen MR) is 86.8 cm³/mol. The van der Waals surface area contributed by atoms with Crippen molar-refractivity contribution in [2.75, 3.05) is 0 Å². The zero-order valence-electron chi connectivity index (χ0n) is 11.8. The van der Waals surface area contributed by atoms with Gasteiger partial charge in [0.25, 0.3) is 0 Å². The van der Waals surface area contributed by atoms with Crippen molar-refractivity contribution in [2.24, 2.45) is 0 Å². The van der Waals surface area contributed by atoms with E-state index in [4.69, 9.17) is 9.05 Å². The lowest BCUT2D eigenvalue weighted by atomic mass is 10.1. The molecule has 106 valence electrons. The van der Waals surface area contributed by atoms with Gasteiger partial charge in [-0.1, -0.05) is 23.8 Å². The first-order chi connectivity index (χ1) is 9.45. The van der Waals surface area contributed by atoms with Gasteiger partial charge in [-0.05, 0) is 55.4 Å². The average molecular weight is 308 g/mol. The fourth-order valence-electron chi connectivity index (χ4n) is 1.86. The van der Waals surface area contributed by atoms with Gasteiger partial charge in [0.15, 0.2) is 0 Å². The van der Waals surface area contributed by atoms with Crippen LogP contribution in [0.3, 0.4) is 0 Å². The molecule has 0 radical (unpaired) electrons. The molecule has 3 nitrogen and oxygen atoms in total. The molecule has 0 aliphatic heterocycles. The molecule has 0 amide bonds. The van der Waals surface area contributed by atoms with E-state index in [9.17, 15) is 4.89 Å². The van der Waals surface area contributed by atoms with Crippen molar-refractivity contribution in [1.29, 1.82) is 0 Å². The van der Waals surface area contributed by atoms with Crippen molar-refractivity contribution in [3.05, 3.63) is 53.1 Å². The molecule has 2 rings (SSSR count). The van der Waals surface area contributed by atoms with Crippen molar-refractivity contribution in [3.8, 4) is 11.5 Å². The van der Waals surface area contributed by atoms with Gasteiger partial charge in [0.05, 0.1) is 0 Å². The summed E-state index contributed by atoms with van der Waals surface area (Å²) in [6.45, 7) is 5.89. The fraction of sp³-hybridized carbons (Fsp3) is 0.200. The summed E-state index contributed by atoms with van der Waals surface area (Å²) in [5.41, 5.74) is 3.10. The first-order valence-corrected chi connectivity index (χ1v) is 7.95. The molecule has 2 aromatic carbocycles. The molecular weight excluding hydrogens is 290 g/mol. The highest BCUT2D eigenvalue weighted by Gasteiger charge is 2.14. The fourth-order valence-corrected chi connectivity index (χ4v) is 2.99. The van der Waals surface area contributed by atoms with Gasteiger partial charge in [-0.2, -0.15) is 0 Å². The van der Waals surface area contributed by atoms with Crippen LogP contribution < -0.4 is 14.4 Å². The van der Waals surface area contributed by atoms with Crippen LogP contribution in [-0.4, -0.2) is 4.89 Å². The monoisotopic (exact) mass is 308 g/mol. The van der Waals surface area contributed by atoms with E-state index in [-0.39, 0.29) is 0 Å². The molecule has 0 aliphatic carbocycles. The topological polar surface area (TPSA) is 38.7 Å². The van der Waals surface area contributed by atoms with Gasteiger partial charge in [0, 0.05) is 0 Å². The molecule has 0 fully saturated rings. The summed E-state index contributed by atoms with van der Waals surface area (Å²) in [5.74, 6) is 1.28. The Morgan fingerprint density at radius 1 is 0.900 bits per heavy atom. The third kappa shape index (κ3) is 3.93. The first-order valence-electron chi connectivity index (χ1n) is 6.24. The van der Waals surface area contributed by atoms with E-state index in [0.29, 0.717) is 11.5 Å². The Labute approximate surface area is 123 Å². The number of benzene rings is 2. The molecule has 2 unspecified atom stereocenters. The van der Waals surface area contributed by atoms with E-state index >= 15 is 0 Å². The summed E-state index contributed by atoms with van der Waals surface area (Å²) in [4.78, 5) is 9.96. The minimum atomic E-state index is -1.99. The minimum Gasteiger partial charge on any atom is -0.418 e. The molecule has 0 spiro atoms. The molecule has 0 aromatic heterocycles. The van der Waals surface area contributed by atoms with Gasteiger partial charge in [-0.25, -0.2) is 0 Å². The van der Waals surface area contributed by atoms with E-state index in [0.717, 1.165) is 22.0 Å². The number of hydrogen-bond donors (Lipinski definition) is 1. The molecular formula is C15H18O3P2. The number of rotatable bonds is 4. The maximum absolute atomic E-state index is 9.96. The predicted octanol–water partition coefficient (Wildman–Crippen LogP) is 3.79. The van der Waals surface area contributed by atoms with Gasteiger partial charge in [-0.3, -0.25) is 0 Å². The lowest BCUT2D eigenvalue weighted by molar-refractivity contribution is 0.379. The molecule has 2 aromatic rings. The second kappa shape index (κ2) is 6.54. The van der Waals surface area contributed by atoms with Crippen molar-refractivity contribution in [1.82, 2.24) is 0 Å². The molecule has 2 atom stereocenters. The van der Waals surface area contributed by atoms with Crippen LogP contribution in [0.4, 0.5) is 0 Å². The minimum absolute atomic E-state index is 0.634. The van der Waals surface area contributed by atoms with Crippen LogP contribution in [0.2, 0.25) is 0 Å². The average Bonchev–Trinajstić information content (AvgIpc) is 2.36. The first kappa shape index (κ1) is 15.3. The summed E-state index contributed by atoms with van der Waals surface area (Å²) in [7, 11) is 0.636. The Kier molecular flexibility index (Phi) is 4.99. The van der Waals surface area contributed by atoms with Gasteiger partial charge < -0.3 is 13.9 Å².